The highest BCUT2D eigenvalue weighted by Gasteiger charge is 2.44. The molecule has 1 aliphatic rings. The highest BCUT2D eigenvalue weighted by atomic mass is 16.5. The largest absolute Gasteiger partial charge is 0.384 e. The summed E-state index contributed by atoms with van der Waals surface area (Å²) in [7, 11) is 3.57. The summed E-state index contributed by atoms with van der Waals surface area (Å²) in [5, 5.41) is 0. The van der Waals surface area contributed by atoms with Crippen LogP contribution in [0.25, 0.3) is 0 Å². The molecule has 0 amide bonds. The van der Waals surface area contributed by atoms with Crippen LogP contribution in [-0.2, 0) is 9.47 Å². The standard InChI is InChI=1S/C15H28O2/c1-12(2)13-9-15(10-16-5,11-17-6)8-7-14(13,3)4/h13H,1,7-11H2,2-6H3. The maximum atomic E-state index is 5.42. The Morgan fingerprint density at radius 2 is 1.71 bits per heavy atom. The quantitative estimate of drug-likeness (QED) is 0.683. The summed E-state index contributed by atoms with van der Waals surface area (Å²) in [4.78, 5) is 0. The van der Waals surface area contributed by atoms with Crippen LogP contribution in [0.3, 0.4) is 0 Å². The second kappa shape index (κ2) is 5.53. The van der Waals surface area contributed by atoms with E-state index >= 15 is 0 Å². The van der Waals surface area contributed by atoms with Gasteiger partial charge in [0.05, 0.1) is 13.2 Å². The van der Waals surface area contributed by atoms with Gasteiger partial charge in [-0.05, 0) is 37.5 Å². The van der Waals surface area contributed by atoms with Gasteiger partial charge in [-0.15, -0.1) is 0 Å². The second-order valence-electron chi connectivity index (χ2n) is 6.46. The molecule has 1 saturated carbocycles. The van der Waals surface area contributed by atoms with E-state index in [-0.39, 0.29) is 5.41 Å². The SMILES string of the molecule is C=C(C)C1CC(COC)(COC)CCC1(C)C. The van der Waals surface area contributed by atoms with E-state index in [4.69, 9.17) is 9.47 Å². The van der Waals surface area contributed by atoms with Crippen molar-refractivity contribution in [3.05, 3.63) is 12.2 Å². The van der Waals surface area contributed by atoms with Crippen molar-refractivity contribution in [3.8, 4) is 0 Å². The van der Waals surface area contributed by atoms with Gasteiger partial charge in [-0.1, -0.05) is 26.0 Å². The Morgan fingerprint density at radius 3 is 2.12 bits per heavy atom. The molecule has 1 rings (SSSR count). The summed E-state index contributed by atoms with van der Waals surface area (Å²) < 4.78 is 10.8. The molecule has 0 radical (unpaired) electrons. The lowest BCUT2D eigenvalue weighted by Crippen LogP contribution is -2.43. The smallest absolute Gasteiger partial charge is 0.0540 e. The van der Waals surface area contributed by atoms with Gasteiger partial charge in [-0.25, -0.2) is 0 Å². The van der Waals surface area contributed by atoms with E-state index in [1.807, 2.05) is 0 Å². The second-order valence-corrected chi connectivity index (χ2v) is 6.46. The zero-order valence-electron chi connectivity index (χ0n) is 12.1. The fourth-order valence-electron chi connectivity index (χ4n) is 3.33. The molecule has 0 aromatic heterocycles. The van der Waals surface area contributed by atoms with Crippen LogP contribution in [0.1, 0.15) is 40.0 Å². The average Bonchev–Trinajstić information content (AvgIpc) is 2.22. The maximum Gasteiger partial charge on any atom is 0.0540 e. The van der Waals surface area contributed by atoms with Crippen molar-refractivity contribution in [1.29, 1.82) is 0 Å². The number of methoxy groups -OCH3 is 2. The zero-order valence-corrected chi connectivity index (χ0v) is 12.1. The first kappa shape index (κ1) is 14.7. The minimum atomic E-state index is 0.183. The first-order valence-electron chi connectivity index (χ1n) is 6.50. The number of allylic oxidation sites excluding steroid dienone is 1. The molecule has 1 fully saturated rings. The molecule has 100 valence electrons. The lowest BCUT2D eigenvalue weighted by atomic mass is 9.58. The van der Waals surface area contributed by atoms with Crippen LogP contribution >= 0.6 is 0 Å². The first-order valence-corrected chi connectivity index (χ1v) is 6.50. The summed E-state index contributed by atoms with van der Waals surface area (Å²) >= 11 is 0. The lowest BCUT2D eigenvalue weighted by molar-refractivity contribution is -0.0525. The fraction of sp³-hybridized carbons (Fsp3) is 0.867. The first-order chi connectivity index (χ1) is 7.87. The predicted octanol–water partition coefficient (Wildman–Crippen LogP) is 3.67. The van der Waals surface area contributed by atoms with Crippen molar-refractivity contribution in [3.63, 3.8) is 0 Å². The van der Waals surface area contributed by atoms with Gasteiger partial charge in [-0.3, -0.25) is 0 Å². The van der Waals surface area contributed by atoms with E-state index in [0.29, 0.717) is 11.3 Å². The summed E-state index contributed by atoms with van der Waals surface area (Å²) in [5.74, 6) is 0.571. The molecule has 0 aromatic carbocycles. The summed E-state index contributed by atoms with van der Waals surface area (Å²) in [6.07, 6.45) is 3.54. The molecule has 0 saturated heterocycles. The number of ether oxygens (including phenoxy) is 2. The predicted molar refractivity (Wildman–Crippen MR) is 72.1 cm³/mol. The molecule has 17 heavy (non-hydrogen) atoms. The van der Waals surface area contributed by atoms with E-state index in [0.717, 1.165) is 19.6 Å². The maximum absolute atomic E-state index is 5.42. The van der Waals surface area contributed by atoms with E-state index in [9.17, 15) is 0 Å². The van der Waals surface area contributed by atoms with E-state index in [1.54, 1.807) is 14.2 Å². The van der Waals surface area contributed by atoms with Crippen molar-refractivity contribution in [2.75, 3.05) is 27.4 Å². The van der Waals surface area contributed by atoms with Crippen LogP contribution in [0.15, 0.2) is 12.2 Å². The Hall–Kier alpha value is -0.340. The third kappa shape index (κ3) is 3.32. The molecule has 0 bridgehead atoms. The Kier molecular flexibility index (Phi) is 4.79. The Labute approximate surface area is 106 Å². The van der Waals surface area contributed by atoms with E-state index in [1.165, 1.54) is 18.4 Å². The van der Waals surface area contributed by atoms with Gasteiger partial charge in [0, 0.05) is 19.6 Å². The van der Waals surface area contributed by atoms with E-state index in [2.05, 4.69) is 27.4 Å². The molecule has 2 nitrogen and oxygen atoms in total. The summed E-state index contributed by atoms with van der Waals surface area (Å²) in [6, 6.07) is 0. The Balaban J connectivity index is 2.87. The molecule has 2 heteroatoms. The molecule has 0 aliphatic heterocycles. The van der Waals surface area contributed by atoms with Crippen molar-refractivity contribution < 1.29 is 9.47 Å². The minimum absolute atomic E-state index is 0.183. The van der Waals surface area contributed by atoms with Crippen LogP contribution in [0.2, 0.25) is 0 Å². The zero-order chi connectivity index (χ0) is 13.1. The molecule has 1 atom stereocenters. The molecule has 1 unspecified atom stereocenters. The van der Waals surface area contributed by atoms with Gasteiger partial charge in [0.15, 0.2) is 0 Å². The van der Waals surface area contributed by atoms with Crippen molar-refractivity contribution in [1.82, 2.24) is 0 Å². The molecule has 1 aliphatic carbocycles. The van der Waals surface area contributed by atoms with Crippen LogP contribution in [-0.4, -0.2) is 27.4 Å². The van der Waals surface area contributed by atoms with Crippen LogP contribution in [0, 0.1) is 16.7 Å². The summed E-state index contributed by atoms with van der Waals surface area (Å²) in [6.45, 7) is 12.6. The topological polar surface area (TPSA) is 18.5 Å². The molecule has 0 spiro atoms. The van der Waals surface area contributed by atoms with Gasteiger partial charge < -0.3 is 9.47 Å². The van der Waals surface area contributed by atoms with Crippen LogP contribution < -0.4 is 0 Å². The van der Waals surface area contributed by atoms with Gasteiger partial charge in [0.1, 0.15) is 0 Å². The monoisotopic (exact) mass is 240 g/mol. The third-order valence-corrected chi connectivity index (χ3v) is 4.38. The molecule has 0 heterocycles. The van der Waals surface area contributed by atoms with Crippen molar-refractivity contribution in [2.24, 2.45) is 16.7 Å². The molecule has 0 aromatic rings. The lowest BCUT2D eigenvalue weighted by Gasteiger charge is -2.48. The van der Waals surface area contributed by atoms with E-state index < -0.39 is 0 Å². The third-order valence-electron chi connectivity index (χ3n) is 4.38. The normalized spacial score (nSPS) is 26.8. The van der Waals surface area contributed by atoms with Gasteiger partial charge in [0.2, 0.25) is 0 Å². The fourth-order valence-corrected chi connectivity index (χ4v) is 3.33. The Bertz CT molecular complexity index is 262. The Morgan fingerprint density at radius 1 is 1.18 bits per heavy atom. The molecular weight excluding hydrogens is 212 g/mol. The number of hydrogen-bond acceptors (Lipinski definition) is 2. The highest BCUT2D eigenvalue weighted by Crippen LogP contribution is 2.51. The van der Waals surface area contributed by atoms with Gasteiger partial charge in [-0.2, -0.15) is 0 Å². The number of hydrogen-bond donors (Lipinski definition) is 0. The minimum Gasteiger partial charge on any atom is -0.384 e. The van der Waals surface area contributed by atoms with Crippen LogP contribution in [0.5, 0.6) is 0 Å². The van der Waals surface area contributed by atoms with Crippen molar-refractivity contribution >= 4 is 0 Å². The molecule has 0 N–H and O–H groups in total. The van der Waals surface area contributed by atoms with Gasteiger partial charge in [0.25, 0.3) is 0 Å². The summed E-state index contributed by atoms with van der Waals surface area (Å²) in [5.41, 5.74) is 1.84. The highest BCUT2D eigenvalue weighted by molar-refractivity contribution is 5.08. The van der Waals surface area contributed by atoms with Crippen molar-refractivity contribution in [2.45, 2.75) is 40.0 Å². The van der Waals surface area contributed by atoms with Crippen LogP contribution in [0.4, 0.5) is 0 Å². The number of rotatable bonds is 5. The molecular formula is C15H28O2. The van der Waals surface area contributed by atoms with Gasteiger partial charge >= 0.3 is 0 Å². The average molecular weight is 240 g/mol.